The standard InChI is InChI=1S/C25H30N2O4/c1-15(2)22(27-24(29)21-11-6-5-8-16(21)3)25(30)31-17(4)23(28)26-20-13-12-18-9-7-10-19(18)14-20/h5-6,8,11-15,17,22H,7,9-10H2,1-4H3,(H,26,28)(H,27,29)/t17-,22-/m0/s1. The lowest BCUT2D eigenvalue weighted by molar-refractivity contribution is -0.156. The average molecular weight is 423 g/mol. The molecule has 0 radical (unpaired) electrons. The molecule has 2 amide bonds. The number of carbonyl (C=O) groups is 3. The Bertz CT molecular complexity index is 983. The monoisotopic (exact) mass is 422 g/mol. The first-order chi connectivity index (χ1) is 14.8. The number of carbonyl (C=O) groups excluding carboxylic acids is 3. The molecular formula is C25H30N2O4. The number of hydrogen-bond donors (Lipinski definition) is 2. The minimum atomic E-state index is -0.989. The van der Waals surface area contributed by atoms with Gasteiger partial charge in [-0.05, 0) is 73.9 Å². The van der Waals surface area contributed by atoms with Gasteiger partial charge in [0.15, 0.2) is 6.10 Å². The fourth-order valence-electron chi connectivity index (χ4n) is 3.74. The molecule has 0 heterocycles. The molecule has 2 atom stereocenters. The van der Waals surface area contributed by atoms with Crippen LogP contribution in [-0.4, -0.2) is 29.9 Å². The molecule has 6 heteroatoms. The van der Waals surface area contributed by atoms with Crippen LogP contribution in [0.5, 0.6) is 0 Å². The lowest BCUT2D eigenvalue weighted by atomic mass is 10.0. The minimum Gasteiger partial charge on any atom is -0.451 e. The van der Waals surface area contributed by atoms with Gasteiger partial charge in [0, 0.05) is 11.3 Å². The normalized spacial score (nSPS) is 14.5. The second-order valence-electron chi connectivity index (χ2n) is 8.42. The molecule has 0 unspecified atom stereocenters. The quantitative estimate of drug-likeness (QED) is 0.665. The van der Waals surface area contributed by atoms with Crippen molar-refractivity contribution >= 4 is 23.5 Å². The predicted octanol–water partition coefficient (Wildman–Crippen LogP) is 3.81. The van der Waals surface area contributed by atoms with E-state index < -0.39 is 24.0 Å². The highest BCUT2D eigenvalue weighted by molar-refractivity contribution is 5.99. The molecule has 1 aliphatic carbocycles. The number of ether oxygens (including phenoxy) is 1. The third kappa shape index (κ3) is 5.51. The summed E-state index contributed by atoms with van der Waals surface area (Å²) < 4.78 is 5.40. The molecule has 0 saturated carbocycles. The topological polar surface area (TPSA) is 84.5 Å². The summed E-state index contributed by atoms with van der Waals surface area (Å²) >= 11 is 0. The number of hydrogen-bond acceptors (Lipinski definition) is 4. The number of rotatable bonds is 7. The number of esters is 1. The van der Waals surface area contributed by atoms with Crippen LogP contribution in [0.2, 0.25) is 0 Å². The maximum absolute atomic E-state index is 12.7. The lowest BCUT2D eigenvalue weighted by Gasteiger charge is -2.23. The Balaban J connectivity index is 1.61. The van der Waals surface area contributed by atoms with E-state index in [0.29, 0.717) is 11.3 Å². The molecule has 6 nitrogen and oxygen atoms in total. The average Bonchev–Trinajstić information content (AvgIpc) is 3.19. The molecular weight excluding hydrogens is 392 g/mol. The number of amides is 2. The molecule has 2 aromatic rings. The van der Waals surface area contributed by atoms with Gasteiger partial charge in [-0.2, -0.15) is 0 Å². The number of benzene rings is 2. The molecule has 0 aromatic heterocycles. The molecule has 0 fully saturated rings. The summed E-state index contributed by atoms with van der Waals surface area (Å²) in [7, 11) is 0. The highest BCUT2D eigenvalue weighted by atomic mass is 16.5. The summed E-state index contributed by atoms with van der Waals surface area (Å²) in [4.78, 5) is 37.9. The van der Waals surface area contributed by atoms with Crippen molar-refractivity contribution in [2.45, 2.75) is 59.1 Å². The summed E-state index contributed by atoms with van der Waals surface area (Å²) in [5.74, 6) is -1.58. The van der Waals surface area contributed by atoms with E-state index in [2.05, 4.69) is 10.6 Å². The highest BCUT2D eigenvalue weighted by Gasteiger charge is 2.29. The van der Waals surface area contributed by atoms with Gasteiger partial charge in [-0.1, -0.05) is 38.1 Å². The van der Waals surface area contributed by atoms with E-state index in [1.54, 1.807) is 12.1 Å². The Morgan fingerprint density at radius 1 is 0.968 bits per heavy atom. The van der Waals surface area contributed by atoms with Crippen molar-refractivity contribution < 1.29 is 19.1 Å². The molecule has 0 bridgehead atoms. The molecule has 2 N–H and O–H groups in total. The summed E-state index contributed by atoms with van der Waals surface area (Å²) in [5, 5.41) is 5.57. The predicted molar refractivity (Wildman–Crippen MR) is 120 cm³/mol. The van der Waals surface area contributed by atoms with Crippen LogP contribution in [0.1, 0.15) is 54.2 Å². The van der Waals surface area contributed by atoms with E-state index >= 15 is 0 Å². The third-order valence-corrected chi connectivity index (χ3v) is 5.63. The van der Waals surface area contributed by atoms with Crippen LogP contribution in [0, 0.1) is 12.8 Å². The van der Waals surface area contributed by atoms with E-state index in [1.165, 1.54) is 18.1 Å². The Morgan fingerprint density at radius 3 is 2.39 bits per heavy atom. The molecule has 2 aromatic carbocycles. The Labute approximate surface area is 183 Å². The summed E-state index contributed by atoms with van der Waals surface area (Å²) in [6.07, 6.45) is 2.23. The van der Waals surface area contributed by atoms with Crippen molar-refractivity contribution in [3.63, 3.8) is 0 Å². The van der Waals surface area contributed by atoms with Crippen molar-refractivity contribution in [1.29, 1.82) is 0 Å². The second kappa shape index (κ2) is 9.77. The van der Waals surface area contributed by atoms with Gasteiger partial charge in [-0.15, -0.1) is 0 Å². The maximum Gasteiger partial charge on any atom is 0.329 e. The molecule has 3 rings (SSSR count). The molecule has 0 aliphatic heterocycles. The summed E-state index contributed by atoms with van der Waals surface area (Å²) in [6, 6.07) is 12.2. The molecule has 0 spiro atoms. The van der Waals surface area contributed by atoms with Gasteiger partial charge in [-0.3, -0.25) is 9.59 Å². The lowest BCUT2D eigenvalue weighted by Crippen LogP contribution is -2.47. The first-order valence-corrected chi connectivity index (χ1v) is 10.8. The third-order valence-electron chi connectivity index (χ3n) is 5.63. The number of anilines is 1. The van der Waals surface area contributed by atoms with Gasteiger partial charge in [0.2, 0.25) is 0 Å². The smallest absolute Gasteiger partial charge is 0.329 e. The van der Waals surface area contributed by atoms with E-state index in [4.69, 9.17) is 4.74 Å². The molecule has 164 valence electrons. The second-order valence-corrected chi connectivity index (χ2v) is 8.42. The fraction of sp³-hybridized carbons (Fsp3) is 0.400. The first kappa shape index (κ1) is 22.5. The molecule has 1 aliphatic rings. The van der Waals surface area contributed by atoms with Crippen LogP contribution in [0.15, 0.2) is 42.5 Å². The SMILES string of the molecule is Cc1ccccc1C(=O)N[C@H](C(=O)O[C@@H](C)C(=O)Nc1ccc2c(c1)CCC2)C(C)C. The van der Waals surface area contributed by atoms with Crippen molar-refractivity contribution in [3.8, 4) is 0 Å². The van der Waals surface area contributed by atoms with Gasteiger partial charge in [0.1, 0.15) is 6.04 Å². The van der Waals surface area contributed by atoms with Crippen molar-refractivity contribution in [1.82, 2.24) is 5.32 Å². The highest BCUT2D eigenvalue weighted by Crippen LogP contribution is 2.25. The fourth-order valence-corrected chi connectivity index (χ4v) is 3.74. The zero-order valence-corrected chi connectivity index (χ0v) is 18.5. The Morgan fingerprint density at radius 2 is 1.68 bits per heavy atom. The summed E-state index contributed by atoms with van der Waals surface area (Å²) in [5.41, 5.74) is 4.59. The Hall–Kier alpha value is -3.15. The molecule has 0 saturated heterocycles. The van der Waals surface area contributed by atoms with Crippen LogP contribution in [0.3, 0.4) is 0 Å². The van der Waals surface area contributed by atoms with E-state index in [9.17, 15) is 14.4 Å². The van der Waals surface area contributed by atoms with Crippen LogP contribution in [0.4, 0.5) is 5.69 Å². The number of fused-ring (bicyclic) bond motifs is 1. The van der Waals surface area contributed by atoms with Crippen LogP contribution in [0.25, 0.3) is 0 Å². The van der Waals surface area contributed by atoms with Gasteiger partial charge in [0.25, 0.3) is 11.8 Å². The maximum atomic E-state index is 12.7. The molecule has 31 heavy (non-hydrogen) atoms. The minimum absolute atomic E-state index is 0.201. The van der Waals surface area contributed by atoms with Crippen LogP contribution >= 0.6 is 0 Å². The van der Waals surface area contributed by atoms with Crippen molar-refractivity contribution in [2.24, 2.45) is 5.92 Å². The van der Waals surface area contributed by atoms with Gasteiger partial charge in [0.05, 0.1) is 0 Å². The zero-order valence-electron chi connectivity index (χ0n) is 18.5. The van der Waals surface area contributed by atoms with Crippen molar-refractivity contribution in [3.05, 3.63) is 64.7 Å². The van der Waals surface area contributed by atoms with Crippen LogP contribution in [-0.2, 0) is 27.2 Å². The first-order valence-electron chi connectivity index (χ1n) is 10.8. The van der Waals surface area contributed by atoms with E-state index in [-0.39, 0.29) is 11.8 Å². The van der Waals surface area contributed by atoms with Gasteiger partial charge < -0.3 is 15.4 Å². The number of nitrogens with one attached hydrogen (secondary N) is 2. The van der Waals surface area contributed by atoms with Gasteiger partial charge in [-0.25, -0.2) is 4.79 Å². The van der Waals surface area contributed by atoms with E-state index in [0.717, 1.165) is 24.8 Å². The zero-order chi connectivity index (χ0) is 22.5. The largest absolute Gasteiger partial charge is 0.451 e. The number of aryl methyl sites for hydroxylation is 3. The van der Waals surface area contributed by atoms with E-state index in [1.807, 2.05) is 51.1 Å². The Kier molecular flexibility index (Phi) is 7.10. The van der Waals surface area contributed by atoms with Crippen LogP contribution < -0.4 is 10.6 Å². The van der Waals surface area contributed by atoms with Gasteiger partial charge >= 0.3 is 5.97 Å². The van der Waals surface area contributed by atoms with Crippen molar-refractivity contribution in [2.75, 3.05) is 5.32 Å². The summed E-state index contributed by atoms with van der Waals surface area (Å²) in [6.45, 7) is 7.00.